The Labute approximate surface area is 109 Å². The van der Waals surface area contributed by atoms with Gasteiger partial charge in [-0.3, -0.25) is 4.79 Å². The SMILES string of the molecule is CCNC(C)(CSc1ccc(F)c(F)c1)C(N)=O. The molecule has 6 heteroatoms. The third-order valence-corrected chi connectivity index (χ3v) is 3.84. The monoisotopic (exact) mass is 274 g/mol. The second-order valence-electron chi connectivity index (χ2n) is 4.09. The van der Waals surface area contributed by atoms with Crippen LogP contribution < -0.4 is 11.1 Å². The van der Waals surface area contributed by atoms with Gasteiger partial charge < -0.3 is 11.1 Å². The highest BCUT2D eigenvalue weighted by molar-refractivity contribution is 7.99. The highest BCUT2D eigenvalue weighted by Crippen LogP contribution is 2.24. The van der Waals surface area contributed by atoms with E-state index in [4.69, 9.17) is 5.73 Å². The first-order valence-corrected chi connectivity index (χ1v) is 6.50. The van der Waals surface area contributed by atoms with E-state index in [2.05, 4.69) is 5.32 Å². The largest absolute Gasteiger partial charge is 0.368 e. The smallest absolute Gasteiger partial charge is 0.238 e. The molecule has 0 aliphatic rings. The lowest BCUT2D eigenvalue weighted by molar-refractivity contribution is -0.122. The topological polar surface area (TPSA) is 55.1 Å². The minimum atomic E-state index is -0.899. The number of likely N-dealkylation sites (N-methyl/N-ethyl adjacent to an activating group) is 1. The lowest BCUT2D eigenvalue weighted by atomic mass is 10.1. The lowest BCUT2D eigenvalue weighted by Gasteiger charge is -2.26. The Morgan fingerprint density at radius 2 is 2.11 bits per heavy atom. The van der Waals surface area contributed by atoms with E-state index in [9.17, 15) is 13.6 Å². The number of hydrogen-bond acceptors (Lipinski definition) is 3. The van der Waals surface area contributed by atoms with Crippen LogP contribution in [-0.2, 0) is 4.79 Å². The van der Waals surface area contributed by atoms with E-state index in [1.807, 2.05) is 6.92 Å². The van der Waals surface area contributed by atoms with Crippen LogP contribution in [0.25, 0.3) is 0 Å². The summed E-state index contributed by atoms with van der Waals surface area (Å²) < 4.78 is 25.8. The first-order valence-electron chi connectivity index (χ1n) is 5.52. The van der Waals surface area contributed by atoms with Crippen LogP contribution >= 0.6 is 11.8 Å². The van der Waals surface area contributed by atoms with Gasteiger partial charge in [0.2, 0.25) is 5.91 Å². The predicted molar refractivity (Wildman–Crippen MR) is 68.4 cm³/mol. The molecule has 0 bridgehead atoms. The quantitative estimate of drug-likeness (QED) is 0.779. The molecule has 0 aliphatic heterocycles. The molecule has 3 N–H and O–H groups in total. The van der Waals surface area contributed by atoms with Gasteiger partial charge in [-0.05, 0) is 31.7 Å². The number of nitrogens with two attached hydrogens (primary N) is 1. The summed E-state index contributed by atoms with van der Waals surface area (Å²) in [5, 5.41) is 2.99. The number of carbonyl (C=O) groups is 1. The van der Waals surface area contributed by atoms with E-state index in [0.29, 0.717) is 17.2 Å². The zero-order valence-electron chi connectivity index (χ0n) is 10.3. The maximum atomic E-state index is 13.0. The molecule has 0 spiro atoms. The first kappa shape index (κ1) is 14.9. The molecule has 1 rings (SSSR count). The summed E-state index contributed by atoms with van der Waals surface area (Å²) in [6, 6.07) is 3.64. The first-order chi connectivity index (χ1) is 8.39. The maximum absolute atomic E-state index is 13.0. The lowest BCUT2D eigenvalue weighted by Crippen LogP contribution is -2.55. The summed E-state index contributed by atoms with van der Waals surface area (Å²) in [7, 11) is 0. The van der Waals surface area contributed by atoms with Gasteiger partial charge in [0.25, 0.3) is 0 Å². The summed E-state index contributed by atoms with van der Waals surface area (Å²) in [4.78, 5) is 11.9. The maximum Gasteiger partial charge on any atom is 0.238 e. The minimum absolute atomic E-state index is 0.348. The number of carbonyl (C=O) groups excluding carboxylic acids is 1. The van der Waals surface area contributed by atoms with Crippen molar-refractivity contribution in [1.29, 1.82) is 0 Å². The van der Waals surface area contributed by atoms with E-state index in [-0.39, 0.29) is 0 Å². The fraction of sp³-hybridized carbons (Fsp3) is 0.417. The molecule has 0 aliphatic carbocycles. The number of rotatable bonds is 6. The summed E-state index contributed by atoms with van der Waals surface area (Å²) in [6.07, 6.45) is 0. The van der Waals surface area contributed by atoms with Crippen LogP contribution in [0.4, 0.5) is 8.78 Å². The van der Waals surface area contributed by atoms with Gasteiger partial charge in [0.1, 0.15) is 5.54 Å². The van der Waals surface area contributed by atoms with E-state index >= 15 is 0 Å². The number of amides is 1. The van der Waals surface area contributed by atoms with Gasteiger partial charge in [-0.2, -0.15) is 0 Å². The van der Waals surface area contributed by atoms with Gasteiger partial charge >= 0.3 is 0 Å². The highest BCUT2D eigenvalue weighted by Gasteiger charge is 2.29. The molecular weight excluding hydrogens is 258 g/mol. The summed E-state index contributed by atoms with van der Waals surface area (Å²) >= 11 is 1.25. The highest BCUT2D eigenvalue weighted by atomic mass is 32.2. The van der Waals surface area contributed by atoms with Crippen LogP contribution in [-0.4, -0.2) is 23.7 Å². The molecular formula is C12H16F2N2OS. The van der Waals surface area contributed by atoms with Crippen molar-refractivity contribution < 1.29 is 13.6 Å². The zero-order valence-corrected chi connectivity index (χ0v) is 11.1. The van der Waals surface area contributed by atoms with Gasteiger partial charge in [0.05, 0.1) is 0 Å². The van der Waals surface area contributed by atoms with Crippen molar-refractivity contribution >= 4 is 17.7 Å². The molecule has 0 saturated carbocycles. The average Bonchev–Trinajstić information content (AvgIpc) is 2.31. The van der Waals surface area contributed by atoms with Crippen LogP contribution in [0.2, 0.25) is 0 Å². The fourth-order valence-electron chi connectivity index (χ4n) is 1.39. The Morgan fingerprint density at radius 1 is 1.44 bits per heavy atom. The zero-order chi connectivity index (χ0) is 13.8. The van der Waals surface area contributed by atoms with Crippen LogP contribution in [0.5, 0.6) is 0 Å². The van der Waals surface area contributed by atoms with Gasteiger partial charge in [-0.15, -0.1) is 11.8 Å². The van der Waals surface area contributed by atoms with Crippen molar-refractivity contribution in [1.82, 2.24) is 5.32 Å². The van der Waals surface area contributed by atoms with Crippen molar-refractivity contribution in [3.63, 3.8) is 0 Å². The van der Waals surface area contributed by atoms with Crippen LogP contribution in [0, 0.1) is 11.6 Å². The molecule has 100 valence electrons. The van der Waals surface area contributed by atoms with E-state index in [1.54, 1.807) is 6.92 Å². The summed E-state index contributed by atoms with van der Waals surface area (Å²) in [6.45, 7) is 4.15. The average molecular weight is 274 g/mol. The third-order valence-electron chi connectivity index (χ3n) is 2.53. The second-order valence-corrected chi connectivity index (χ2v) is 5.14. The molecule has 0 saturated heterocycles. The molecule has 0 aromatic heterocycles. The number of primary amides is 1. The van der Waals surface area contributed by atoms with Crippen molar-refractivity contribution in [3.05, 3.63) is 29.8 Å². The van der Waals surface area contributed by atoms with Crippen molar-refractivity contribution in [2.45, 2.75) is 24.3 Å². The predicted octanol–water partition coefficient (Wildman–Crippen LogP) is 1.91. The fourth-order valence-corrected chi connectivity index (χ4v) is 2.44. The Morgan fingerprint density at radius 3 is 2.61 bits per heavy atom. The molecule has 1 amide bonds. The Kier molecular flexibility index (Phi) is 5.10. The van der Waals surface area contributed by atoms with Gasteiger partial charge in [0.15, 0.2) is 11.6 Å². The number of hydrogen-bond donors (Lipinski definition) is 2. The molecule has 0 heterocycles. The van der Waals surface area contributed by atoms with Crippen molar-refractivity contribution in [2.75, 3.05) is 12.3 Å². The molecule has 1 atom stereocenters. The molecule has 18 heavy (non-hydrogen) atoms. The molecule has 1 unspecified atom stereocenters. The molecule has 1 aromatic rings. The molecule has 0 fully saturated rings. The Bertz CT molecular complexity index is 442. The van der Waals surface area contributed by atoms with Crippen LogP contribution in [0.3, 0.4) is 0 Å². The minimum Gasteiger partial charge on any atom is -0.368 e. The second kappa shape index (κ2) is 6.15. The standard InChI is InChI=1S/C12H16F2N2OS/c1-3-16-12(2,11(15)17)7-18-8-4-5-9(13)10(14)6-8/h4-6,16H,3,7H2,1-2H3,(H2,15,17). The number of benzene rings is 1. The van der Waals surface area contributed by atoms with Gasteiger partial charge in [0, 0.05) is 10.6 Å². The summed E-state index contributed by atoms with van der Waals surface area (Å²) in [5.41, 5.74) is 4.46. The van der Waals surface area contributed by atoms with E-state index in [1.165, 1.54) is 17.8 Å². The van der Waals surface area contributed by atoms with Gasteiger partial charge in [-0.1, -0.05) is 6.92 Å². The van der Waals surface area contributed by atoms with E-state index in [0.717, 1.165) is 12.1 Å². The van der Waals surface area contributed by atoms with Crippen LogP contribution in [0.1, 0.15) is 13.8 Å². The van der Waals surface area contributed by atoms with Crippen molar-refractivity contribution in [3.8, 4) is 0 Å². The van der Waals surface area contributed by atoms with E-state index < -0.39 is 23.1 Å². The Balaban J connectivity index is 2.73. The molecule has 1 aromatic carbocycles. The van der Waals surface area contributed by atoms with Crippen LogP contribution in [0.15, 0.2) is 23.1 Å². The third kappa shape index (κ3) is 3.68. The number of thioether (sulfide) groups is 1. The Hall–Kier alpha value is -1.14. The molecule has 3 nitrogen and oxygen atoms in total. The molecule has 0 radical (unpaired) electrons. The normalized spacial score (nSPS) is 14.2. The van der Waals surface area contributed by atoms with Crippen molar-refractivity contribution in [2.24, 2.45) is 5.73 Å². The number of halogens is 2. The van der Waals surface area contributed by atoms with Gasteiger partial charge in [-0.25, -0.2) is 8.78 Å². The summed E-state index contributed by atoms with van der Waals surface area (Å²) in [5.74, 6) is -1.91. The number of nitrogens with one attached hydrogen (secondary N) is 1.